The lowest BCUT2D eigenvalue weighted by atomic mass is 10.1. The first-order valence-electron chi connectivity index (χ1n) is 15.7. The zero-order valence-electron chi connectivity index (χ0n) is 27.5. The van der Waals surface area contributed by atoms with Crippen molar-refractivity contribution in [2.45, 2.75) is 104 Å². The van der Waals surface area contributed by atoms with Crippen LogP contribution in [0.2, 0.25) is 0 Å². The van der Waals surface area contributed by atoms with Gasteiger partial charge in [-0.15, -0.1) is 0 Å². The van der Waals surface area contributed by atoms with E-state index in [-0.39, 0.29) is 43.0 Å². The first-order valence-corrected chi connectivity index (χ1v) is 19.0. The fraction of sp³-hybridized carbons (Fsp3) is 1.00. The van der Waals surface area contributed by atoms with E-state index in [4.69, 9.17) is 54.9 Å². The highest BCUT2D eigenvalue weighted by Gasteiger charge is 2.51. The summed E-state index contributed by atoms with van der Waals surface area (Å²) in [6, 6.07) is 0. The van der Waals surface area contributed by atoms with Crippen molar-refractivity contribution in [3.05, 3.63) is 0 Å². The quantitative estimate of drug-likeness (QED) is 0.128. The van der Waals surface area contributed by atoms with Crippen molar-refractivity contribution in [1.82, 2.24) is 0 Å². The molecule has 0 saturated carbocycles. The van der Waals surface area contributed by atoms with Crippen LogP contribution in [0.5, 0.6) is 0 Å². The van der Waals surface area contributed by atoms with Crippen LogP contribution in [0.4, 0.5) is 0 Å². The van der Waals surface area contributed by atoms with Crippen LogP contribution in [0.25, 0.3) is 0 Å². The Morgan fingerprint density at radius 3 is 1.77 bits per heavy atom. The van der Waals surface area contributed by atoms with Gasteiger partial charge in [0.15, 0.2) is 0 Å². The Balaban J connectivity index is 1.52. The van der Waals surface area contributed by atoms with Crippen molar-refractivity contribution < 1.29 is 60.0 Å². The van der Waals surface area contributed by atoms with Gasteiger partial charge in [-0.3, -0.25) is 0 Å². The van der Waals surface area contributed by atoms with E-state index in [0.29, 0.717) is 57.9 Å². The molecule has 44 heavy (non-hydrogen) atoms. The van der Waals surface area contributed by atoms with Crippen molar-refractivity contribution in [3.8, 4) is 0 Å². The SMILES string of the molecule is CCC(C)COP(OC)OC(CO)C1CC(OP(OCC(C)C)OC2COC3C(OP(OC)OCC(C)CC)COC23)CO1. The molecule has 3 aliphatic rings. The molecule has 12 unspecified atom stereocenters. The minimum absolute atomic E-state index is 0.238. The third-order valence-electron chi connectivity index (χ3n) is 7.58. The van der Waals surface area contributed by atoms with Crippen LogP contribution in [0.15, 0.2) is 0 Å². The van der Waals surface area contributed by atoms with Crippen LogP contribution in [-0.4, -0.2) is 108 Å². The van der Waals surface area contributed by atoms with Crippen molar-refractivity contribution in [3.63, 3.8) is 0 Å². The van der Waals surface area contributed by atoms with Gasteiger partial charge in [-0.1, -0.05) is 54.4 Å². The Hall–Kier alpha value is 0.770. The van der Waals surface area contributed by atoms with Gasteiger partial charge in [-0.05, 0) is 17.8 Å². The fourth-order valence-electron chi connectivity index (χ4n) is 4.40. The summed E-state index contributed by atoms with van der Waals surface area (Å²) >= 11 is 0. The Morgan fingerprint density at radius 2 is 1.25 bits per heavy atom. The molecular weight excluding hydrogens is 637 g/mol. The summed E-state index contributed by atoms with van der Waals surface area (Å²) in [4.78, 5) is 0. The normalized spacial score (nSPS) is 31.2. The van der Waals surface area contributed by atoms with Gasteiger partial charge in [0, 0.05) is 20.6 Å². The van der Waals surface area contributed by atoms with E-state index in [1.54, 1.807) is 7.11 Å². The lowest BCUT2D eigenvalue weighted by Gasteiger charge is -2.26. The van der Waals surface area contributed by atoms with Gasteiger partial charge in [0.2, 0.25) is 0 Å². The van der Waals surface area contributed by atoms with Gasteiger partial charge in [-0.2, -0.15) is 0 Å². The van der Waals surface area contributed by atoms with E-state index >= 15 is 0 Å². The Morgan fingerprint density at radius 1 is 0.705 bits per heavy atom. The van der Waals surface area contributed by atoms with E-state index < -0.39 is 38.0 Å². The van der Waals surface area contributed by atoms with Gasteiger partial charge in [-0.25, -0.2) is 0 Å². The summed E-state index contributed by atoms with van der Waals surface area (Å²) < 4.78 is 71.5. The van der Waals surface area contributed by atoms with Crippen molar-refractivity contribution >= 4 is 25.8 Å². The van der Waals surface area contributed by atoms with Crippen LogP contribution < -0.4 is 0 Å². The molecular formula is C28H55O13P3. The van der Waals surface area contributed by atoms with E-state index in [9.17, 15) is 5.11 Å². The second-order valence-electron chi connectivity index (χ2n) is 11.9. The second kappa shape index (κ2) is 21.0. The number of ether oxygens (including phenoxy) is 3. The molecule has 0 aromatic heterocycles. The molecule has 0 radical (unpaired) electrons. The smallest absolute Gasteiger partial charge is 0.333 e. The zero-order valence-corrected chi connectivity index (χ0v) is 30.2. The maximum atomic E-state index is 10.1. The number of hydrogen-bond acceptors (Lipinski definition) is 13. The maximum Gasteiger partial charge on any atom is 0.333 e. The molecule has 3 heterocycles. The van der Waals surface area contributed by atoms with Gasteiger partial charge < -0.3 is 60.0 Å². The standard InChI is InChI=1S/C28H55O13P3/c1-9-20(5)14-36-42(30-7)39-24(12-29)23-11-22(16-32-23)38-44(35-13-19(3)4)41-26-18-34-27-25(17-33-28(26)27)40-43(31-8)37-15-21(6)10-2/h19-29H,9-18H2,1-8H3. The van der Waals surface area contributed by atoms with Crippen LogP contribution in [0.3, 0.4) is 0 Å². The summed E-state index contributed by atoms with van der Waals surface area (Å²) in [5, 5.41) is 10.1. The minimum Gasteiger partial charge on any atom is -0.394 e. The molecule has 0 amide bonds. The van der Waals surface area contributed by atoms with Crippen molar-refractivity contribution in [2.75, 3.05) is 60.5 Å². The molecule has 12 atom stereocenters. The second-order valence-corrected chi connectivity index (χ2v) is 15.6. The van der Waals surface area contributed by atoms with Crippen molar-refractivity contribution in [2.24, 2.45) is 17.8 Å². The van der Waals surface area contributed by atoms with Gasteiger partial charge >= 0.3 is 25.8 Å². The van der Waals surface area contributed by atoms with Crippen LogP contribution >= 0.6 is 25.8 Å². The molecule has 3 saturated heterocycles. The average molecular weight is 693 g/mol. The summed E-state index contributed by atoms with van der Waals surface area (Å²) in [6.45, 7) is 14.9. The van der Waals surface area contributed by atoms with Gasteiger partial charge in [0.05, 0.1) is 58.5 Å². The number of hydrogen-bond donors (Lipinski definition) is 1. The van der Waals surface area contributed by atoms with E-state index in [0.717, 1.165) is 12.8 Å². The van der Waals surface area contributed by atoms with E-state index in [1.807, 2.05) is 0 Å². The van der Waals surface area contributed by atoms with Crippen LogP contribution in [0, 0.1) is 17.8 Å². The Bertz CT molecular complexity index is 774. The lowest BCUT2D eigenvalue weighted by molar-refractivity contribution is -0.0261. The minimum atomic E-state index is -1.74. The molecule has 1 N–H and O–H groups in total. The third kappa shape index (κ3) is 12.7. The summed E-state index contributed by atoms with van der Waals surface area (Å²) in [5.74, 6) is 1.07. The first kappa shape index (κ1) is 39.2. The highest BCUT2D eigenvalue weighted by Crippen LogP contribution is 2.50. The third-order valence-corrected chi connectivity index (χ3v) is 11.1. The molecule has 0 bridgehead atoms. The van der Waals surface area contributed by atoms with Crippen LogP contribution in [-0.2, 0) is 54.9 Å². The van der Waals surface area contributed by atoms with Crippen molar-refractivity contribution in [1.29, 1.82) is 0 Å². The lowest BCUT2D eigenvalue weighted by Crippen LogP contribution is -2.33. The predicted octanol–water partition coefficient (Wildman–Crippen LogP) is 5.88. The molecule has 0 aromatic rings. The molecule has 3 rings (SSSR count). The molecule has 0 spiro atoms. The first-order chi connectivity index (χ1) is 21.2. The fourth-order valence-corrected chi connectivity index (χ4v) is 7.87. The Labute approximate surface area is 267 Å². The maximum absolute atomic E-state index is 10.1. The molecule has 0 aliphatic carbocycles. The Kier molecular flexibility index (Phi) is 18.7. The summed E-state index contributed by atoms with van der Waals surface area (Å²) in [6.07, 6.45) is -0.178. The number of aliphatic hydroxyl groups is 1. The molecule has 0 aromatic carbocycles. The number of aliphatic hydroxyl groups excluding tert-OH is 1. The molecule has 3 aliphatic heterocycles. The van der Waals surface area contributed by atoms with E-state index in [2.05, 4.69) is 41.5 Å². The average Bonchev–Trinajstić information content (AvgIpc) is 3.76. The monoisotopic (exact) mass is 692 g/mol. The molecule has 3 fully saturated rings. The van der Waals surface area contributed by atoms with Crippen LogP contribution in [0.1, 0.15) is 60.8 Å². The molecule has 260 valence electrons. The highest BCUT2D eigenvalue weighted by molar-refractivity contribution is 7.42. The zero-order chi connectivity index (χ0) is 32.1. The predicted molar refractivity (Wildman–Crippen MR) is 167 cm³/mol. The van der Waals surface area contributed by atoms with E-state index in [1.165, 1.54) is 7.11 Å². The highest BCUT2D eigenvalue weighted by atomic mass is 31.2. The summed E-state index contributed by atoms with van der Waals surface area (Å²) in [7, 11) is -1.75. The molecule has 16 heteroatoms. The largest absolute Gasteiger partial charge is 0.394 e. The van der Waals surface area contributed by atoms with Gasteiger partial charge in [0.1, 0.15) is 30.5 Å². The molecule has 13 nitrogen and oxygen atoms in total. The number of rotatable bonds is 23. The van der Waals surface area contributed by atoms with Gasteiger partial charge in [0.25, 0.3) is 0 Å². The number of fused-ring (bicyclic) bond motifs is 1. The summed E-state index contributed by atoms with van der Waals surface area (Å²) in [5.41, 5.74) is 0. The topological polar surface area (TPSA) is 131 Å².